The van der Waals surface area contributed by atoms with Gasteiger partial charge in [0.2, 0.25) is 0 Å². The van der Waals surface area contributed by atoms with E-state index in [1.54, 1.807) is 0 Å². The summed E-state index contributed by atoms with van der Waals surface area (Å²) >= 11 is 24.6. The second-order valence-electron chi connectivity index (χ2n) is 7.37. The largest absolute Gasteiger partial charge is 1.00 e. The summed E-state index contributed by atoms with van der Waals surface area (Å²) in [6, 6.07) is 20.7. The van der Waals surface area contributed by atoms with Crippen molar-refractivity contribution in [3.05, 3.63) is 98.8 Å². The van der Waals surface area contributed by atoms with Gasteiger partial charge in [0.1, 0.15) is 13.1 Å². The molecule has 0 amide bonds. The van der Waals surface area contributed by atoms with Crippen molar-refractivity contribution in [1.82, 2.24) is 4.57 Å². The van der Waals surface area contributed by atoms with Crippen LogP contribution in [-0.2, 0) is 24.8 Å². The lowest BCUT2D eigenvalue weighted by atomic mass is 10.1. The van der Waals surface area contributed by atoms with Crippen LogP contribution >= 0.6 is 46.4 Å². The van der Waals surface area contributed by atoms with Gasteiger partial charge >= 0.3 is 0 Å². The van der Waals surface area contributed by atoms with E-state index in [1.165, 1.54) is 11.1 Å². The van der Waals surface area contributed by atoms with E-state index in [0.717, 1.165) is 41.1 Å². The van der Waals surface area contributed by atoms with E-state index in [9.17, 15) is 0 Å². The van der Waals surface area contributed by atoms with Gasteiger partial charge in [-0.25, -0.2) is 9.13 Å². The van der Waals surface area contributed by atoms with Gasteiger partial charge in [-0.05, 0) is 22.3 Å². The first-order valence-electron chi connectivity index (χ1n) is 9.65. The lowest BCUT2D eigenvalue weighted by molar-refractivity contribution is -0.669. The monoisotopic (exact) mass is 512 g/mol. The molecule has 0 fully saturated rings. The molecule has 0 unspecified atom stereocenters. The molecule has 4 aromatic rings. The number of halogens is 5. The molecule has 0 atom stereocenters. The molecule has 4 rings (SSSR count). The van der Waals surface area contributed by atoms with Gasteiger partial charge in [0.25, 0.3) is 5.82 Å². The summed E-state index contributed by atoms with van der Waals surface area (Å²) in [6.07, 6.45) is 0. The fourth-order valence-electron chi connectivity index (χ4n) is 3.68. The second kappa shape index (κ2) is 10.5. The van der Waals surface area contributed by atoms with Crippen LogP contribution in [0.15, 0.2) is 60.7 Å². The Morgan fingerprint density at radius 1 is 0.742 bits per heavy atom. The van der Waals surface area contributed by atoms with Gasteiger partial charge in [-0.15, -0.1) is 23.2 Å². The predicted molar refractivity (Wildman–Crippen MR) is 127 cm³/mol. The van der Waals surface area contributed by atoms with Gasteiger partial charge in [-0.3, -0.25) is 0 Å². The maximum absolute atomic E-state index is 6.38. The van der Waals surface area contributed by atoms with Crippen molar-refractivity contribution in [3.8, 4) is 0 Å². The van der Waals surface area contributed by atoms with Crippen molar-refractivity contribution in [2.75, 3.05) is 0 Å². The average Bonchev–Trinajstić information content (AvgIpc) is 3.00. The van der Waals surface area contributed by atoms with Crippen molar-refractivity contribution in [3.63, 3.8) is 0 Å². The van der Waals surface area contributed by atoms with Crippen LogP contribution in [0.25, 0.3) is 11.0 Å². The Labute approximate surface area is 208 Å². The summed E-state index contributed by atoms with van der Waals surface area (Å²) in [4.78, 5) is 0. The summed E-state index contributed by atoms with van der Waals surface area (Å²) in [5, 5.41) is 1.11. The number of rotatable bonds is 6. The first-order chi connectivity index (χ1) is 14.5. The van der Waals surface area contributed by atoms with Crippen molar-refractivity contribution in [1.29, 1.82) is 0 Å². The molecule has 31 heavy (non-hydrogen) atoms. The van der Waals surface area contributed by atoms with Crippen LogP contribution in [0.1, 0.15) is 28.1 Å². The third-order valence-corrected chi connectivity index (χ3v) is 6.76. The summed E-state index contributed by atoms with van der Waals surface area (Å²) in [5.74, 6) is 2.16. The number of imidazole rings is 1. The van der Waals surface area contributed by atoms with Crippen LogP contribution in [0.5, 0.6) is 0 Å². The SMILES string of the molecule is Cc1n(Cc2ccc(CCl)cc2)c2cc(Cl)c(Cl)cc2[n+]1Cc1ccc(CCl)cc1.[Cl-]. The Morgan fingerprint density at radius 3 is 1.77 bits per heavy atom. The lowest BCUT2D eigenvalue weighted by Gasteiger charge is -2.04. The van der Waals surface area contributed by atoms with Crippen LogP contribution in [0.2, 0.25) is 10.0 Å². The molecule has 0 aliphatic carbocycles. The number of fused-ring (bicyclic) bond motifs is 1. The number of alkyl halides is 2. The predicted octanol–water partition coefficient (Wildman–Crippen LogP) is 4.12. The molecule has 0 spiro atoms. The van der Waals surface area contributed by atoms with E-state index in [4.69, 9.17) is 46.4 Å². The number of hydrogen-bond acceptors (Lipinski definition) is 0. The quantitative estimate of drug-likeness (QED) is 0.270. The van der Waals surface area contributed by atoms with Gasteiger partial charge in [0, 0.05) is 30.8 Å². The Morgan fingerprint density at radius 2 is 1.23 bits per heavy atom. The molecule has 0 aliphatic rings. The van der Waals surface area contributed by atoms with Crippen LogP contribution in [-0.4, -0.2) is 4.57 Å². The minimum absolute atomic E-state index is 0. The third kappa shape index (κ3) is 5.16. The molecule has 0 bridgehead atoms. The molecule has 0 N–H and O–H groups in total. The number of hydrogen-bond donors (Lipinski definition) is 0. The number of nitrogens with zero attached hydrogens (tertiary/aromatic N) is 2. The highest BCUT2D eigenvalue weighted by Crippen LogP contribution is 2.28. The van der Waals surface area contributed by atoms with Gasteiger partial charge in [-0.1, -0.05) is 71.7 Å². The van der Waals surface area contributed by atoms with Crippen molar-refractivity contribution >= 4 is 57.4 Å². The zero-order chi connectivity index (χ0) is 21.3. The lowest BCUT2D eigenvalue weighted by Crippen LogP contribution is -3.00. The van der Waals surface area contributed by atoms with Crippen LogP contribution in [0.4, 0.5) is 0 Å². The first-order valence-corrected chi connectivity index (χ1v) is 11.5. The van der Waals surface area contributed by atoms with E-state index >= 15 is 0 Å². The molecule has 0 saturated carbocycles. The van der Waals surface area contributed by atoms with E-state index < -0.39 is 0 Å². The minimum Gasteiger partial charge on any atom is -1.00 e. The fourth-order valence-corrected chi connectivity index (χ4v) is 4.36. The van der Waals surface area contributed by atoms with Gasteiger partial charge in [0.05, 0.1) is 10.0 Å². The van der Waals surface area contributed by atoms with Crippen molar-refractivity contribution in [2.24, 2.45) is 0 Å². The normalized spacial score (nSPS) is 11.0. The van der Waals surface area contributed by atoms with Crippen molar-refractivity contribution in [2.45, 2.75) is 31.8 Å². The molecule has 0 radical (unpaired) electrons. The zero-order valence-corrected chi connectivity index (χ0v) is 20.7. The molecular weight excluding hydrogens is 494 g/mol. The summed E-state index contributed by atoms with van der Waals surface area (Å²) in [7, 11) is 0. The van der Waals surface area contributed by atoms with Gasteiger partial charge in [-0.2, -0.15) is 0 Å². The Balaban J connectivity index is 0.00000272. The average molecular weight is 515 g/mol. The summed E-state index contributed by atoms with van der Waals surface area (Å²) in [6.45, 7) is 3.60. The minimum atomic E-state index is 0. The van der Waals surface area contributed by atoms with Crippen LogP contribution in [0, 0.1) is 6.92 Å². The second-order valence-corrected chi connectivity index (χ2v) is 8.72. The van der Waals surface area contributed by atoms with Crippen molar-refractivity contribution < 1.29 is 17.0 Å². The highest BCUT2D eigenvalue weighted by Gasteiger charge is 2.23. The highest BCUT2D eigenvalue weighted by molar-refractivity contribution is 6.42. The zero-order valence-electron chi connectivity index (χ0n) is 16.9. The molecule has 7 heteroatoms. The van der Waals surface area contributed by atoms with E-state index in [0.29, 0.717) is 21.8 Å². The Bertz CT molecular complexity index is 1090. The molecule has 0 saturated heterocycles. The Hall–Kier alpha value is -1.42. The molecule has 1 aromatic heterocycles. The molecule has 0 aliphatic heterocycles. The highest BCUT2D eigenvalue weighted by atomic mass is 35.5. The summed E-state index contributed by atoms with van der Waals surface area (Å²) < 4.78 is 4.56. The maximum atomic E-state index is 6.38. The number of benzene rings is 3. The third-order valence-electron chi connectivity index (χ3n) is 5.42. The van der Waals surface area contributed by atoms with E-state index in [1.807, 2.05) is 12.1 Å². The first kappa shape index (κ1) is 24.2. The van der Waals surface area contributed by atoms with E-state index in [2.05, 4.69) is 64.6 Å². The molecule has 162 valence electrons. The molecular formula is C24H21Cl5N2. The standard InChI is InChI=1S/C24H21Cl4N2.ClH/c1-16-29(14-19-6-2-17(12-25)3-7-19)23-10-21(27)22(28)11-24(23)30(16)15-20-8-4-18(13-26)5-9-20;/h2-11H,12-15H2,1H3;1H/q+1;/p-1. The number of aromatic nitrogens is 2. The summed E-state index contributed by atoms with van der Waals surface area (Å²) in [5.41, 5.74) is 6.74. The maximum Gasteiger partial charge on any atom is 0.254 e. The molecule has 3 aromatic carbocycles. The van der Waals surface area contributed by atoms with Gasteiger partial charge in [0.15, 0.2) is 11.0 Å². The topological polar surface area (TPSA) is 8.81 Å². The smallest absolute Gasteiger partial charge is 0.254 e. The van der Waals surface area contributed by atoms with Gasteiger partial charge < -0.3 is 12.4 Å². The van der Waals surface area contributed by atoms with Crippen LogP contribution < -0.4 is 17.0 Å². The van der Waals surface area contributed by atoms with Crippen LogP contribution in [0.3, 0.4) is 0 Å². The molecule has 2 nitrogen and oxygen atoms in total. The Kier molecular flexibility index (Phi) is 8.18. The fraction of sp³-hybridized carbons (Fsp3) is 0.208. The molecule has 1 heterocycles. The van der Waals surface area contributed by atoms with E-state index in [-0.39, 0.29) is 12.4 Å².